The van der Waals surface area contributed by atoms with Gasteiger partial charge in [-0.3, -0.25) is 4.79 Å². The molecule has 3 nitrogen and oxygen atoms in total. The zero-order chi connectivity index (χ0) is 18.8. The van der Waals surface area contributed by atoms with Crippen LogP contribution in [0.15, 0.2) is 72.8 Å². The number of carbonyl (C=O) groups is 1. The molecule has 1 aromatic heterocycles. The van der Waals surface area contributed by atoms with Crippen molar-refractivity contribution in [2.24, 2.45) is 0 Å². The minimum atomic E-state index is 0.0425. The molecule has 134 valence electrons. The lowest BCUT2D eigenvalue weighted by molar-refractivity contribution is 0.0972. The average molecular weight is 375 g/mol. The lowest BCUT2D eigenvalue weighted by atomic mass is 10.1. The number of benzene rings is 3. The first-order valence-corrected chi connectivity index (χ1v) is 9.27. The Balaban J connectivity index is 1.73. The molecule has 27 heavy (non-hydrogen) atoms. The molecule has 0 saturated carbocycles. The SMILES string of the molecule is Cc1ccccc1Cc1nc2ccccc2n1CC(=O)c1ccc(Cl)cc1. The molecule has 0 bridgehead atoms. The monoisotopic (exact) mass is 374 g/mol. The first-order chi connectivity index (χ1) is 13.1. The van der Waals surface area contributed by atoms with Gasteiger partial charge in [0.15, 0.2) is 5.78 Å². The number of hydrogen-bond donors (Lipinski definition) is 0. The van der Waals surface area contributed by atoms with Crippen molar-refractivity contribution >= 4 is 28.4 Å². The van der Waals surface area contributed by atoms with E-state index < -0.39 is 0 Å². The summed E-state index contributed by atoms with van der Waals surface area (Å²) in [5, 5.41) is 0.625. The number of Topliss-reactive ketones (excluding diaryl/α,β-unsaturated/α-hetero) is 1. The van der Waals surface area contributed by atoms with Gasteiger partial charge in [0.25, 0.3) is 0 Å². The first-order valence-electron chi connectivity index (χ1n) is 8.89. The number of para-hydroxylation sites is 2. The van der Waals surface area contributed by atoms with E-state index in [4.69, 9.17) is 16.6 Å². The largest absolute Gasteiger partial charge is 0.320 e. The van der Waals surface area contributed by atoms with E-state index in [2.05, 4.69) is 19.1 Å². The number of halogens is 1. The van der Waals surface area contributed by atoms with E-state index in [0.29, 0.717) is 17.0 Å². The summed E-state index contributed by atoms with van der Waals surface area (Å²) in [5.41, 5.74) is 4.97. The van der Waals surface area contributed by atoms with Gasteiger partial charge in [-0.25, -0.2) is 4.98 Å². The Morgan fingerprint density at radius 3 is 2.44 bits per heavy atom. The highest BCUT2D eigenvalue weighted by atomic mass is 35.5. The van der Waals surface area contributed by atoms with Crippen molar-refractivity contribution in [3.8, 4) is 0 Å². The predicted molar refractivity (Wildman–Crippen MR) is 110 cm³/mol. The summed E-state index contributed by atoms with van der Waals surface area (Å²) in [5.74, 6) is 0.939. The van der Waals surface area contributed by atoms with E-state index in [0.717, 1.165) is 16.9 Å². The molecule has 3 aromatic carbocycles. The van der Waals surface area contributed by atoms with Gasteiger partial charge in [0.2, 0.25) is 0 Å². The van der Waals surface area contributed by atoms with E-state index >= 15 is 0 Å². The number of fused-ring (bicyclic) bond motifs is 1. The summed E-state index contributed by atoms with van der Waals surface area (Å²) < 4.78 is 2.03. The third-order valence-electron chi connectivity index (χ3n) is 4.81. The van der Waals surface area contributed by atoms with Gasteiger partial charge in [0, 0.05) is 17.0 Å². The van der Waals surface area contributed by atoms with Crippen LogP contribution in [0.5, 0.6) is 0 Å². The smallest absolute Gasteiger partial charge is 0.182 e. The average Bonchev–Trinajstić information content (AvgIpc) is 3.01. The van der Waals surface area contributed by atoms with E-state index in [1.54, 1.807) is 24.3 Å². The summed E-state index contributed by atoms with van der Waals surface area (Å²) in [7, 11) is 0. The lowest BCUT2D eigenvalue weighted by Gasteiger charge is -2.10. The molecule has 4 rings (SSSR count). The standard InChI is InChI=1S/C23H19ClN2O/c1-16-6-2-3-7-18(16)14-23-25-20-8-4-5-9-21(20)26(23)15-22(27)17-10-12-19(24)13-11-17/h2-13H,14-15H2,1H3. The number of carbonyl (C=O) groups excluding carboxylic acids is 1. The van der Waals surface area contributed by atoms with Crippen LogP contribution in [0.3, 0.4) is 0 Å². The molecule has 0 amide bonds. The summed E-state index contributed by atoms with van der Waals surface area (Å²) in [6.07, 6.45) is 0.690. The number of nitrogens with zero attached hydrogens (tertiary/aromatic N) is 2. The summed E-state index contributed by atoms with van der Waals surface area (Å²) in [6.45, 7) is 2.35. The highest BCUT2D eigenvalue weighted by molar-refractivity contribution is 6.30. The van der Waals surface area contributed by atoms with Gasteiger partial charge >= 0.3 is 0 Å². The second kappa shape index (κ2) is 7.37. The molecule has 0 saturated heterocycles. The van der Waals surface area contributed by atoms with Gasteiger partial charge in [-0.15, -0.1) is 0 Å². The molecule has 0 aliphatic carbocycles. The maximum absolute atomic E-state index is 12.8. The number of aromatic nitrogens is 2. The molecule has 1 heterocycles. The Morgan fingerprint density at radius 1 is 0.963 bits per heavy atom. The molecule has 0 aliphatic heterocycles. The topological polar surface area (TPSA) is 34.9 Å². The summed E-state index contributed by atoms with van der Waals surface area (Å²) in [6, 6.07) is 23.3. The van der Waals surface area contributed by atoms with Crippen LogP contribution in [0.2, 0.25) is 5.02 Å². The molecular formula is C23H19ClN2O. The number of aryl methyl sites for hydroxylation is 1. The predicted octanol–water partition coefficient (Wildman–Crippen LogP) is 5.47. The Hall–Kier alpha value is -2.91. The van der Waals surface area contributed by atoms with Crippen molar-refractivity contribution in [1.82, 2.24) is 9.55 Å². The Bertz CT molecular complexity index is 1110. The summed E-state index contributed by atoms with van der Waals surface area (Å²) in [4.78, 5) is 17.6. The van der Waals surface area contributed by atoms with Crippen LogP contribution in [0.4, 0.5) is 0 Å². The minimum absolute atomic E-state index is 0.0425. The fourth-order valence-corrected chi connectivity index (χ4v) is 3.41. The fraction of sp³-hybridized carbons (Fsp3) is 0.130. The van der Waals surface area contributed by atoms with Crippen molar-refractivity contribution in [2.75, 3.05) is 0 Å². The van der Waals surface area contributed by atoms with Crippen LogP contribution in [0, 0.1) is 6.92 Å². The van der Waals surface area contributed by atoms with Crippen molar-refractivity contribution in [3.63, 3.8) is 0 Å². The van der Waals surface area contributed by atoms with Crippen LogP contribution in [0.25, 0.3) is 11.0 Å². The highest BCUT2D eigenvalue weighted by Crippen LogP contribution is 2.21. The quantitative estimate of drug-likeness (QED) is 0.434. The number of imidazole rings is 1. The Labute approximate surface area is 163 Å². The van der Waals surface area contributed by atoms with Crippen molar-refractivity contribution in [1.29, 1.82) is 0 Å². The minimum Gasteiger partial charge on any atom is -0.320 e. The van der Waals surface area contributed by atoms with Gasteiger partial charge in [0.05, 0.1) is 17.6 Å². The third-order valence-corrected chi connectivity index (χ3v) is 5.06. The van der Waals surface area contributed by atoms with Crippen LogP contribution in [-0.2, 0) is 13.0 Å². The molecule has 4 aromatic rings. The van der Waals surface area contributed by atoms with Gasteiger partial charge in [-0.05, 0) is 54.4 Å². The lowest BCUT2D eigenvalue weighted by Crippen LogP contribution is -2.13. The Kier molecular flexibility index (Phi) is 4.78. The molecule has 4 heteroatoms. The van der Waals surface area contributed by atoms with E-state index in [9.17, 15) is 4.79 Å². The normalized spacial score (nSPS) is 11.0. The van der Waals surface area contributed by atoms with Gasteiger partial charge in [-0.2, -0.15) is 0 Å². The highest BCUT2D eigenvalue weighted by Gasteiger charge is 2.15. The van der Waals surface area contributed by atoms with Gasteiger partial charge in [-0.1, -0.05) is 48.0 Å². The number of hydrogen-bond acceptors (Lipinski definition) is 2. The zero-order valence-corrected chi connectivity index (χ0v) is 15.8. The molecule has 0 fully saturated rings. The van der Waals surface area contributed by atoms with E-state index in [-0.39, 0.29) is 12.3 Å². The third kappa shape index (κ3) is 3.64. The molecule has 0 N–H and O–H groups in total. The maximum atomic E-state index is 12.8. The number of ketones is 1. The Morgan fingerprint density at radius 2 is 1.67 bits per heavy atom. The molecular weight excluding hydrogens is 356 g/mol. The van der Waals surface area contributed by atoms with E-state index in [1.807, 2.05) is 41.0 Å². The van der Waals surface area contributed by atoms with Crippen LogP contribution in [-0.4, -0.2) is 15.3 Å². The molecule has 0 atom stereocenters. The van der Waals surface area contributed by atoms with Gasteiger partial charge < -0.3 is 4.57 Å². The fourth-order valence-electron chi connectivity index (χ4n) is 3.29. The number of rotatable bonds is 5. The van der Waals surface area contributed by atoms with Crippen molar-refractivity contribution in [2.45, 2.75) is 19.9 Å². The second-order valence-electron chi connectivity index (χ2n) is 6.64. The zero-order valence-electron chi connectivity index (χ0n) is 15.0. The molecule has 0 radical (unpaired) electrons. The van der Waals surface area contributed by atoms with Crippen LogP contribution in [0.1, 0.15) is 27.3 Å². The molecule has 0 aliphatic rings. The second-order valence-corrected chi connectivity index (χ2v) is 7.07. The van der Waals surface area contributed by atoms with Gasteiger partial charge in [0.1, 0.15) is 5.82 Å². The van der Waals surface area contributed by atoms with Crippen molar-refractivity contribution < 1.29 is 4.79 Å². The van der Waals surface area contributed by atoms with Crippen LogP contribution >= 0.6 is 11.6 Å². The molecule has 0 spiro atoms. The first kappa shape index (κ1) is 17.5. The van der Waals surface area contributed by atoms with Crippen LogP contribution < -0.4 is 0 Å². The van der Waals surface area contributed by atoms with Crippen molar-refractivity contribution in [3.05, 3.63) is 100 Å². The summed E-state index contributed by atoms with van der Waals surface area (Å²) >= 11 is 5.94. The van der Waals surface area contributed by atoms with E-state index in [1.165, 1.54) is 11.1 Å². The maximum Gasteiger partial charge on any atom is 0.182 e. The molecule has 0 unspecified atom stereocenters.